The fourth-order valence-electron chi connectivity index (χ4n) is 3.51. The van der Waals surface area contributed by atoms with E-state index in [-0.39, 0.29) is 17.7 Å². The van der Waals surface area contributed by atoms with Gasteiger partial charge in [0.15, 0.2) is 0 Å². The second kappa shape index (κ2) is 8.78. The van der Waals surface area contributed by atoms with Gasteiger partial charge < -0.3 is 16.6 Å². The molecule has 1 radical (unpaired) electrons. The van der Waals surface area contributed by atoms with Crippen LogP contribution in [0.5, 0.6) is 0 Å². The molecule has 2 unspecified atom stereocenters. The molecule has 1 aromatic heterocycles. The molecule has 0 bridgehead atoms. The second-order valence-electron chi connectivity index (χ2n) is 6.51. The number of carbonyl (C=O) groups excluding carboxylic acids is 2. The Morgan fingerprint density at radius 2 is 2.00 bits per heavy atom. The molecule has 1 fully saturated rings. The van der Waals surface area contributed by atoms with Crippen LogP contribution >= 0.6 is 0 Å². The smallest absolute Gasteiger partial charge is 0.250 e. The zero-order valence-electron chi connectivity index (χ0n) is 13.9. The molecule has 1 aromatic rings. The summed E-state index contributed by atoms with van der Waals surface area (Å²) in [7, 11) is 0. The van der Waals surface area contributed by atoms with Gasteiger partial charge in [0.25, 0.3) is 5.91 Å². The molecule has 0 saturated heterocycles. The van der Waals surface area contributed by atoms with Crippen molar-refractivity contribution in [2.24, 2.45) is 23.3 Å². The van der Waals surface area contributed by atoms with Crippen LogP contribution in [-0.2, 0) is 11.2 Å². The molecule has 131 valence electrons. The van der Waals surface area contributed by atoms with Crippen LogP contribution in [0, 0.1) is 18.3 Å². The monoisotopic (exact) mass is 332 g/mol. The van der Waals surface area contributed by atoms with Crippen LogP contribution in [0.4, 0.5) is 0 Å². The molecule has 2 atom stereocenters. The first-order valence-corrected chi connectivity index (χ1v) is 8.53. The SMILES string of the molecule is NC(=O)c1cccnc1C[CH]C(O)CC(C(N)=O)C1CCCCC1. The number of hydrogen-bond acceptors (Lipinski definition) is 4. The van der Waals surface area contributed by atoms with E-state index in [1.54, 1.807) is 24.8 Å². The Hall–Kier alpha value is -1.95. The number of aromatic nitrogens is 1. The van der Waals surface area contributed by atoms with Gasteiger partial charge in [0.1, 0.15) is 0 Å². The fourth-order valence-corrected chi connectivity index (χ4v) is 3.51. The standard InChI is InChI=1S/C18H26N3O3/c19-17(23)14-7-4-10-21-16(14)9-8-13(22)11-15(18(20)24)12-5-2-1-3-6-12/h4,7-8,10,12-13,15,22H,1-3,5-6,9,11H2,(H2,19,23)(H2,20,24). The van der Waals surface area contributed by atoms with Crippen LogP contribution in [0.2, 0.25) is 0 Å². The highest BCUT2D eigenvalue weighted by atomic mass is 16.3. The average molecular weight is 332 g/mol. The van der Waals surface area contributed by atoms with Crippen molar-refractivity contribution in [2.75, 3.05) is 0 Å². The highest BCUT2D eigenvalue weighted by Gasteiger charge is 2.30. The van der Waals surface area contributed by atoms with E-state index in [0.29, 0.717) is 24.1 Å². The van der Waals surface area contributed by atoms with Gasteiger partial charge in [-0.25, -0.2) is 0 Å². The highest BCUT2D eigenvalue weighted by molar-refractivity contribution is 5.93. The molecule has 5 N–H and O–H groups in total. The first-order chi connectivity index (χ1) is 11.5. The van der Waals surface area contributed by atoms with Crippen LogP contribution in [0.3, 0.4) is 0 Å². The van der Waals surface area contributed by atoms with Crippen LogP contribution in [0.15, 0.2) is 18.3 Å². The number of primary amides is 2. The lowest BCUT2D eigenvalue weighted by Crippen LogP contribution is -2.34. The number of carbonyl (C=O) groups is 2. The van der Waals surface area contributed by atoms with Gasteiger partial charge in [-0.2, -0.15) is 0 Å². The van der Waals surface area contributed by atoms with E-state index >= 15 is 0 Å². The van der Waals surface area contributed by atoms with Gasteiger partial charge in [0, 0.05) is 12.1 Å². The van der Waals surface area contributed by atoms with Crippen molar-refractivity contribution in [1.29, 1.82) is 0 Å². The summed E-state index contributed by atoms with van der Waals surface area (Å²) in [6.45, 7) is 0. The van der Waals surface area contributed by atoms with Gasteiger partial charge in [0.05, 0.1) is 17.4 Å². The predicted octanol–water partition coefficient (Wildman–Crippen LogP) is 1.36. The number of aliphatic hydroxyl groups excluding tert-OH is 1. The minimum absolute atomic E-state index is 0.260. The summed E-state index contributed by atoms with van der Waals surface area (Å²) in [5, 5.41) is 10.3. The lowest BCUT2D eigenvalue weighted by atomic mass is 9.77. The molecule has 1 aliphatic carbocycles. The van der Waals surface area contributed by atoms with Gasteiger partial charge in [-0.3, -0.25) is 14.6 Å². The van der Waals surface area contributed by atoms with E-state index in [1.807, 2.05) is 0 Å². The Morgan fingerprint density at radius 1 is 1.29 bits per heavy atom. The fraction of sp³-hybridized carbons (Fsp3) is 0.556. The third-order valence-electron chi connectivity index (χ3n) is 4.82. The molecule has 1 aliphatic rings. The molecule has 0 spiro atoms. The Kier molecular flexibility index (Phi) is 6.73. The number of pyridine rings is 1. The Bertz CT molecular complexity index is 570. The number of nitrogens with zero attached hydrogens (tertiary/aromatic N) is 1. The minimum Gasteiger partial charge on any atom is -0.393 e. The molecule has 1 heterocycles. The molecule has 2 amide bonds. The summed E-state index contributed by atoms with van der Waals surface area (Å²) in [6.07, 6.45) is 8.52. The molecule has 1 saturated carbocycles. The highest BCUT2D eigenvalue weighted by Crippen LogP contribution is 2.32. The number of amides is 2. The van der Waals surface area contributed by atoms with Crippen molar-refractivity contribution >= 4 is 11.8 Å². The van der Waals surface area contributed by atoms with E-state index in [1.165, 1.54) is 6.42 Å². The largest absolute Gasteiger partial charge is 0.393 e. The minimum atomic E-state index is -0.771. The van der Waals surface area contributed by atoms with Crippen LogP contribution in [0.25, 0.3) is 0 Å². The summed E-state index contributed by atoms with van der Waals surface area (Å²) >= 11 is 0. The number of aliphatic hydroxyl groups is 1. The van der Waals surface area contributed by atoms with Gasteiger partial charge in [-0.15, -0.1) is 0 Å². The lowest BCUT2D eigenvalue weighted by Gasteiger charge is -2.29. The molecule has 6 heteroatoms. The number of hydrogen-bond donors (Lipinski definition) is 3. The predicted molar refractivity (Wildman–Crippen MR) is 90.6 cm³/mol. The van der Waals surface area contributed by atoms with Crippen molar-refractivity contribution in [2.45, 2.75) is 51.0 Å². The van der Waals surface area contributed by atoms with Gasteiger partial charge in [0.2, 0.25) is 5.91 Å². The summed E-state index contributed by atoms with van der Waals surface area (Å²) in [5.74, 6) is -0.936. The first kappa shape index (κ1) is 18.4. The summed E-state index contributed by atoms with van der Waals surface area (Å²) in [5.41, 5.74) is 11.7. The zero-order chi connectivity index (χ0) is 17.5. The van der Waals surface area contributed by atoms with Crippen LogP contribution in [-0.4, -0.2) is 28.0 Å². The van der Waals surface area contributed by atoms with Gasteiger partial charge >= 0.3 is 0 Å². The Balaban J connectivity index is 1.92. The first-order valence-electron chi connectivity index (χ1n) is 8.53. The molecule has 0 aliphatic heterocycles. The van der Waals surface area contributed by atoms with E-state index in [4.69, 9.17) is 11.5 Å². The number of rotatable bonds is 8. The Labute approximate surface area is 142 Å². The summed E-state index contributed by atoms with van der Waals surface area (Å²) in [4.78, 5) is 27.3. The third-order valence-corrected chi connectivity index (χ3v) is 4.82. The maximum absolute atomic E-state index is 11.8. The normalized spacial score (nSPS) is 18.0. The summed E-state index contributed by atoms with van der Waals surface area (Å²) < 4.78 is 0. The molecular formula is C18H26N3O3. The molecule has 6 nitrogen and oxygen atoms in total. The second-order valence-corrected chi connectivity index (χ2v) is 6.51. The number of nitrogens with two attached hydrogens (primary N) is 2. The van der Waals surface area contributed by atoms with Crippen molar-refractivity contribution in [1.82, 2.24) is 4.98 Å². The molecule has 2 rings (SSSR count). The Morgan fingerprint density at radius 3 is 2.62 bits per heavy atom. The zero-order valence-corrected chi connectivity index (χ0v) is 13.9. The molecular weight excluding hydrogens is 306 g/mol. The maximum atomic E-state index is 11.8. The van der Waals surface area contributed by atoms with Crippen LogP contribution in [0.1, 0.15) is 54.6 Å². The van der Waals surface area contributed by atoms with Crippen molar-refractivity contribution in [3.05, 3.63) is 36.0 Å². The lowest BCUT2D eigenvalue weighted by molar-refractivity contribution is -0.125. The topological polar surface area (TPSA) is 119 Å². The van der Waals surface area contributed by atoms with Gasteiger partial charge in [-0.05, 0) is 50.2 Å². The van der Waals surface area contributed by atoms with E-state index in [0.717, 1.165) is 25.7 Å². The van der Waals surface area contributed by atoms with E-state index in [9.17, 15) is 14.7 Å². The van der Waals surface area contributed by atoms with Crippen molar-refractivity contribution in [3.63, 3.8) is 0 Å². The third kappa shape index (κ3) is 5.03. The van der Waals surface area contributed by atoms with E-state index in [2.05, 4.69) is 4.98 Å². The van der Waals surface area contributed by atoms with Crippen molar-refractivity contribution in [3.8, 4) is 0 Å². The quantitative estimate of drug-likeness (QED) is 0.665. The summed E-state index contributed by atoms with van der Waals surface area (Å²) in [6, 6.07) is 3.26. The van der Waals surface area contributed by atoms with E-state index < -0.39 is 12.0 Å². The van der Waals surface area contributed by atoms with Gasteiger partial charge in [-0.1, -0.05) is 19.3 Å². The molecule has 0 aromatic carbocycles. The average Bonchev–Trinajstić information content (AvgIpc) is 2.58. The molecule has 24 heavy (non-hydrogen) atoms. The maximum Gasteiger partial charge on any atom is 0.250 e. The van der Waals surface area contributed by atoms with Crippen LogP contribution < -0.4 is 11.5 Å². The van der Waals surface area contributed by atoms with Crippen molar-refractivity contribution < 1.29 is 14.7 Å².